The van der Waals surface area contributed by atoms with Gasteiger partial charge in [0, 0.05) is 43.0 Å². The van der Waals surface area contributed by atoms with Crippen molar-refractivity contribution in [2.45, 2.75) is 126 Å². The first-order valence-corrected chi connectivity index (χ1v) is 17.8. The molecule has 3 aliphatic carbocycles. The average molecular weight is 639 g/mol. The molecule has 2 saturated carbocycles. The van der Waals surface area contributed by atoms with Crippen molar-refractivity contribution in [3.05, 3.63) is 34.7 Å². The van der Waals surface area contributed by atoms with Gasteiger partial charge in [-0.15, -0.1) is 11.6 Å². The summed E-state index contributed by atoms with van der Waals surface area (Å²) in [5.41, 5.74) is 5.29. The van der Waals surface area contributed by atoms with Gasteiger partial charge in [-0.3, -0.25) is 20.0 Å². The lowest BCUT2D eigenvalue weighted by molar-refractivity contribution is -0.131. The van der Waals surface area contributed by atoms with Gasteiger partial charge in [-0.1, -0.05) is 38.7 Å². The third-order valence-corrected chi connectivity index (χ3v) is 11.5. The molecule has 0 aromatic carbocycles. The zero-order valence-electron chi connectivity index (χ0n) is 27.2. The van der Waals surface area contributed by atoms with E-state index in [2.05, 4.69) is 41.1 Å². The van der Waals surface area contributed by atoms with Crippen molar-refractivity contribution < 1.29 is 14.7 Å². The molecule has 1 aromatic heterocycles. The number of carbonyl (C=O) groups is 2. The summed E-state index contributed by atoms with van der Waals surface area (Å²) < 4.78 is 2.30. The number of alkyl halides is 1. The maximum atomic E-state index is 14.1. The first kappa shape index (κ1) is 32.5. The number of nitrogens with zero attached hydrogens (tertiary/aromatic N) is 4. The van der Waals surface area contributed by atoms with Crippen molar-refractivity contribution in [2.24, 2.45) is 28.9 Å². The summed E-state index contributed by atoms with van der Waals surface area (Å²) in [4.78, 5) is 37.1. The first-order valence-electron chi connectivity index (χ1n) is 17.4. The summed E-state index contributed by atoms with van der Waals surface area (Å²) in [6, 6.07) is 0.721. The van der Waals surface area contributed by atoms with Gasteiger partial charge in [-0.05, 0) is 87.8 Å². The highest BCUT2D eigenvalue weighted by molar-refractivity contribution is 6.29. The molecule has 1 aromatic rings. The number of unbranched alkanes of at least 4 members (excludes halogenated alkanes) is 1. The van der Waals surface area contributed by atoms with Crippen LogP contribution in [0.15, 0.2) is 22.1 Å². The minimum atomic E-state index is -0.884. The number of hydrogen-bond donors (Lipinski definition) is 3. The van der Waals surface area contributed by atoms with Crippen molar-refractivity contribution >= 4 is 35.5 Å². The minimum Gasteiger partial charge on any atom is -0.478 e. The molecule has 3 fully saturated rings. The molecule has 1 saturated heterocycles. The van der Waals surface area contributed by atoms with Crippen LogP contribution < -0.4 is 10.6 Å². The van der Waals surface area contributed by atoms with Crippen molar-refractivity contribution in [1.82, 2.24) is 20.1 Å². The molecule has 1 amide bonds. The second-order valence-corrected chi connectivity index (χ2v) is 14.7. The molecule has 10 heteroatoms. The van der Waals surface area contributed by atoms with Crippen molar-refractivity contribution in [2.75, 3.05) is 13.6 Å². The molecule has 5 aliphatic rings. The molecule has 7 unspecified atom stereocenters. The van der Waals surface area contributed by atoms with Crippen LogP contribution in [0.5, 0.6) is 0 Å². The number of fused-ring (bicyclic) bond motifs is 2. The van der Waals surface area contributed by atoms with Crippen LogP contribution in [-0.2, 0) is 29.5 Å². The fraction of sp³-hybridized carbons (Fsp3) is 0.714. The maximum absolute atomic E-state index is 14.1. The van der Waals surface area contributed by atoms with Crippen molar-refractivity contribution in [1.29, 1.82) is 0 Å². The predicted molar refractivity (Wildman–Crippen MR) is 180 cm³/mol. The van der Waals surface area contributed by atoms with Gasteiger partial charge in [0.15, 0.2) is 5.84 Å². The lowest BCUT2D eigenvalue weighted by Gasteiger charge is -2.35. The normalized spacial score (nSPS) is 31.2. The molecule has 0 spiro atoms. The van der Waals surface area contributed by atoms with Gasteiger partial charge in [0.25, 0.3) is 0 Å². The molecule has 0 radical (unpaired) electrons. The highest BCUT2D eigenvalue weighted by Gasteiger charge is 2.45. The van der Waals surface area contributed by atoms with E-state index in [9.17, 15) is 9.59 Å². The Morgan fingerprint density at radius 2 is 2.00 bits per heavy atom. The standard InChI is InChI=1S/C35H51ClN6O3/c1-4-5-10-26(34-39-27-17-21(12-16-30(43)44)11-15-28(27)42(34)3)40-35(45)23-13-14-25-29(18-23)41(2)32(31(25)22-8-6-7-9-22)33-37-19-24(36)20-38-33/h12,16,19,21-24,26-28,34,39H,4-11,13-15,17-18,20H2,1-3H3,(H,40,45)(H,43,44)/b16-12+. The van der Waals surface area contributed by atoms with Gasteiger partial charge >= 0.3 is 5.97 Å². The van der Waals surface area contributed by atoms with Crippen molar-refractivity contribution in [3.8, 4) is 0 Å². The van der Waals surface area contributed by atoms with Gasteiger partial charge in [0.2, 0.25) is 5.91 Å². The predicted octanol–water partition coefficient (Wildman–Crippen LogP) is 4.94. The fourth-order valence-electron chi connectivity index (χ4n) is 8.93. The Hall–Kier alpha value is -2.49. The van der Waals surface area contributed by atoms with Crippen LogP contribution in [0, 0.1) is 11.8 Å². The Balaban J connectivity index is 1.18. The number of aliphatic carboxylic acids is 1. The molecule has 246 valence electrons. The number of carboxylic acid groups (broad SMARTS) is 1. The third kappa shape index (κ3) is 6.82. The molecule has 6 rings (SSSR count). The average Bonchev–Trinajstić information content (AvgIpc) is 3.75. The number of aliphatic imine (C=N–C) groups is 2. The largest absolute Gasteiger partial charge is 0.478 e. The van der Waals surface area contributed by atoms with E-state index in [0.29, 0.717) is 24.5 Å². The number of aromatic nitrogens is 1. The highest BCUT2D eigenvalue weighted by Crippen LogP contribution is 2.43. The second-order valence-electron chi connectivity index (χ2n) is 14.1. The fourth-order valence-corrected chi connectivity index (χ4v) is 9.06. The summed E-state index contributed by atoms with van der Waals surface area (Å²) in [5, 5.41) is 16.4. The second kappa shape index (κ2) is 14.1. The Morgan fingerprint density at radius 3 is 2.71 bits per heavy atom. The SMILES string of the molecule is CCCCC(NC(=O)C1CCc2c(C3CCCC3)c(C3=NCC(Cl)C=N3)n(C)c2C1)C1NC2CC(/C=C/C(=O)O)CCC2N1C. The monoisotopic (exact) mass is 638 g/mol. The number of amides is 1. The van der Waals surface area contributed by atoms with Crippen LogP contribution in [-0.4, -0.2) is 81.8 Å². The van der Waals surface area contributed by atoms with Crippen LogP contribution in [0.25, 0.3) is 0 Å². The number of allylic oxidation sites excluding steroid dienone is 1. The van der Waals surface area contributed by atoms with E-state index in [1.165, 1.54) is 48.6 Å². The quantitative estimate of drug-likeness (QED) is 0.248. The van der Waals surface area contributed by atoms with Gasteiger partial charge in [-0.2, -0.15) is 0 Å². The van der Waals surface area contributed by atoms with E-state index in [1.807, 2.05) is 12.3 Å². The Kier molecular flexibility index (Phi) is 10.2. The van der Waals surface area contributed by atoms with E-state index < -0.39 is 5.97 Å². The highest BCUT2D eigenvalue weighted by atomic mass is 35.5. The summed E-state index contributed by atoms with van der Waals surface area (Å²) in [7, 11) is 4.33. The van der Waals surface area contributed by atoms with E-state index >= 15 is 0 Å². The first-order chi connectivity index (χ1) is 21.7. The van der Waals surface area contributed by atoms with Crippen LogP contribution in [0.1, 0.15) is 106 Å². The number of nitrogens with one attached hydrogen (secondary N) is 2. The molecule has 2 aliphatic heterocycles. The molecule has 3 N–H and O–H groups in total. The van der Waals surface area contributed by atoms with Gasteiger partial charge in [0.1, 0.15) is 0 Å². The minimum absolute atomic E-state index is 0.0231. The maximum Gasteiger partial charge on any atom is 0.327 e. The third-order valence-electron chi connectivity index (χ3n) is 11.3. The summed E-state index contributed by atoms with van der Waals surface area (Å²) in [6.07, 6.45) is 18.5. The molecular weight excluding hydrogens is 588 g/mol. The van der Waals surface area contributed by atoms with E-state index in [0.717, 1.165) is 69.3 Å². The Labute approximate surface area is 273 Å². The topological polar surface area (TPSA) is 111 Å². The summed E-state index contributed by atoms with van der Waals surface area (Å²) >= 11 is 6.29. The number of rotatable bonds is 10. The number of carbonyl (C=O) groups excluding carboxylic acids is 1. The molecule has 3 heterocycles. The van der Waals surface area contributed by atoms with Crippen LogP contribution in [0.3, 0.4) is 0 Å². The lowest BCUT2D eigenvalue weighted by Crippen LogP contribution is -2.55. The molecule has 45 heavy (non-hydrogen) atoms. The molecule has 9 nitrogen and oxygen atoms in total. The number of carboxylic acids is 1. The Bertz CT molecular complexity index is 1350. The summed E-state index contributed by atoms with van der Waals surface area (Å²) in [6.45, 7) is 2.75. The summed E-state index contributed by atoms with van der Waals surface area (Å²) in [5.74, 6) is 0.819. The van der Waals surface area contributed by atoms with Gasteiger partial charge < -0.3 is 15.0 Å². The molecular formula is C35H51ClN6O3. The molecule has 0 bridgehead atoms. The number of likely N-dealkylation sites (N-methyl/N-ethyl adjacent to an activating group) is 1. The number of halogens is 1. The van der Waals surface area contributed by atoms with Crippen LogP contribution in [0.2, 0.25) is 0 Å². The zero-order valence-corrected chi connectivity index (χ0v) is 27.9. The number of hydrogen-bond acceptors (Lipinski definition) is 6. The van der Waals surface area contributed by atoms with Crippen LogP contribution >= 0.6 is 11.6 Å². The zero-order chi connectivity index (χ0) is 31.7. The smallest absolute Gasteiger partial charge is 0.327 e. The van der Waals surface area contributed by atoms with Gasteiger partial charge in [-0.25, -0.2) is 9.79 Å². The van der Waals surface area contributed by atoms with E-state index in [-0.39, 0.29) is 35.3 Å². The Morgan fingerprint density at radius 1 is 1.20 bits per heavy atom. The lowest BCUT2D eigenvalue weighted by atomic mass is 9.82. The molecule has 7 atom stereocenters. The number of amidine groups is 1. The van der Waals surface area contributed by atoms with E-state index in [1.54, 1.807) is 0 Å². The van der Waals surface area contributed by atoms with Gasteiger partial charge in [0.05, 0.1) is 29.8 Å². The van der Waals surface area contributed by atoms with Crippen molar-refractivity contribution in [3.63, 3.8) is 0 Å². The van der Waals surface area contributed by atoms with E-state index in [4.69, 9.17) is 26.7 Å². The van der Waals surface area contributed by atoms with Crippen LogP contribution in [0.4, 0.5) is 0 Å².